The first kappa shape index (κ1) is 22.9. The second-order valence-electron chi connectivity index (χ2n) is 7.57. The molecular weight excluding hydrogens is 487 g/mol. The van der Waals surface area contributed by atoms with Gasteiger partial charge in [-0.15, -0.1) is 0 Å². The van der Waals surface area contributed by atoms with Crippen LogP contribution in [-0.2, 0) is 0 Å². The van der Waals surface area contributed by atoms with E-state index < -0.39 is 5.82 Å². The van der Waals surface area contributed by atoms with E-state index in [1.165, 1.54) is 36.5 Å². The number of benzene rings is 3. The number of hydrogen-bond acceptors (Lipinski definition) is 6. The molecule has 0 aliphatic rings. The topological polar surface area (TPSA) is 69.0 Å². The zero-order valence-corrected chi connectivity index (χ0v) is 20.0. The van der Waals surface area contributed by atoms with Crippen LogP contribution in [-0.4, -0.2) is 21.6 Å². The number of methoxy groups -OCH3 is 1. The van der Waals surface area contributed by atoms with Crippen molar-refractivity contribution >= 4 is 40.3 Å². The van der Waals surface area contributed by atoms with Gasteiger partial charge in [-0.25, -0.2) is 14.4 Å². The van der Waals surface area contributed by atoms with E-state index in [0.29, 0.717) is 38.9 Å². The SMILES string of the molecule is COc1ccc(-c2cc(F)cc(Cl)c2)cc1-n1c(=O)ccc2cc(SNc3ccncn3)ccc21. The molecule has 3 aromatic carbocycles. The van der Waals surface area contributed by atoms with Gasteiger partial charge in [0.05, 0.1) is 18.3 Å². The fourth-order valence-corrected chi connectivity index (χ4v) is 4.65. The van der Waals surface area contributed by atoms with E-state index >= 15 is 0 Å². The average molecular weight is 505 g/mol. The lowest BCUT2D eigenvalue weighted by molar-refractivity contribution is 0.413. The standard InChI is InChI=1S/C26H18ClFN4O2S/c1-34-24-6-2-16(18-10-19(27)14-20(28)11-18)13-23(24)32-22-5-4-21(12-17(22)3-7-26(32)33)35-31-25-8-9-29-15-30-25/h2-15H,1H3,(H,29,30,31). The highest BCUT2D eigenvalue weighted by Gasteiger charge is 2.14. The van der Waals surface area contributed by atoms with E-state index in [2.05, 4.69) is 14.7 Å². The van der Waals surface area contributed by atoms with Crippen molar-refractivity contribution in [3.8, 4) is 22.6 Å². The van der Waals surface area contributed by atoms with Gasteiger partial charge in [0.25, 0.3) is 5.56 Å². The van der Waals surface area contributed by atoms with Crippen LogP contribution in [0.4, 0.5) is 10.2 Å². The summed E-state index contributed by atoms with van der Waals surface area (Å²) in [5.74, 6) is 0.761. The number of hydrogen-bond donors (Lipinski definition) is 1. The van der Waals surface area contributed by atoms with Crippen LogP contribution in [0.1, 0.15) is 0 Å². The van der Waals surface area contributed by atoms with Gasteiger partial charge in [-0.2, -0.15) is 0 Å². The van der Waals surface area contributed by atoms with E-state index in [0.717, 1.165) is 10.3 Å². The Morgan fingerprint density at radius 3 is 2.66 bits per heavy atom. The fourth-order valence-electron chi connectivity index (χ4n) is 3.76. The normalized spacial score (nSPS) is 10.9. The molecule has 6 nitrogen and oxygen atoms in total. The number of fused-ring (bicyclic) bond motifs is 1. The Morgan fingerprint density at radius 1 is 1.00 bits per heavy atom. The number of aromatic nitrogens is 3. The molecule has 0 fully saturated rings. The van der Waals surface area contributed by atoms with E-state index in [-0.39, 0.29) is 5.56 Å². The number of ether oxygens (including phenoxy) is 1. The van der Waals surface area contributed by atoms with Gasteiger partial charge < -0.3 is 9.46 Å². The van der Waals surface area contributed by atoms with Crippen LogP contribution in [0.25, 0.3) is 27.7 Å². The molecule has 0 bridgehead atoms. The molecule has 1 N–H and O–H groups in total. The summed E-state index contributed by atoms with van der Waals surface area (Å²) < 4.78 is 24.3. The van der Waals surface area contributed by atoms with Crippen LogP contribution in [0, 0.1) is 5.82 Å². The average Bonchev–Trinajstić information content (AvgIpc) is 2.87. The minimum Gasteiger partial charge on any atom is -0.495 e. The quantitative estimate of drug-likeness (QED) is 0.271. The first-order valence-corrected chi connectivity index (χ1v) is 11.7. The van der Waals surface area contributed by atoms with Gasteiger partial charge in [-0.05, 0) is 89.1 Å². The van der Waals surface area contributed by atoms with Crippen LogP contribution < -0.4 is 15.0 Å². The highest BCUT2D eigenvalue weighted by molar-refractivity contribution is 8.00. The van der Waals surface area contributed by atoms with E-state index in [1.54, 1.807) is 54.3 Å². The molecule has 5 rings (SSSR count). The maximum absolute atomic E-state index is 14.0. The van der Waals surface area contributed by atoms with Crippen LogP contribution >= 0.6 is 23.5 Å². The highest BCUT2D eigenvalue weighted by Crippen LogP contribution is 2.33. The van der Waals surface area contributed by atoms with Gasteiger partial charge in [0.15, 0.2) is 0 Å². The first-order valence-electron chi connectivity index (χ1n) is 10.5. The summed E-state index contributed by atoms with van der Waals surface area (Å²) in [6.45, 7) is 0. The van der Waals surface area contributed by atoms with Gasteiger partial charge in [-0.3, -0.25) is 9.36 Å². The lowest BCUT2D eigenvalue weighted by Crippen LogP contribution is -2.18. The lowest BCUT2D eigenvalue weighted by Gasteiger charge is -2.16. The molecule has 0 spiro atoms. The van der Waals surface area contributed by atoms with E-state index in [9.17, 15) is 9.18 Å². The molecule has 5 aromatic rings. The molecule has 0 saturated carbocycles. The molecule has 0 unspecified atom stereocenters. The number of nitrogens with one attached hydrogen (secondary N) is 1. The Kier molecular flexibility index (Phi) is 6.39. The molecule has 9 heteroatoms. The van der Waals surface area contributed by atoms with Gasteiger partial charge in [0, 0.05) is 22.2 Å². The third-order valence-corrected chi connectivity index (χ3v) is 6.36. The molecule has 0 atom stereocenters. The summed E-state index contributed by atoms with van der Waals surface area (Å²) >= 11 is 7.47. The zero-order chi connectivity index (χ0) is 24.4. The highest BCUT2D eigenvalue weighted by atomic mass is 35.5. The zero-order valence-electron chi connectivity index (χ0n) is 18.4. The molecule has 2 heterocycles. The minimum atomic E-state index is -0.437. The molecule has 0 aliphatic carbocycles. The van der Waals surface area contributed by atoms with Crippen molar-refractivity contribution < 1.29 is 9.13 Å². The second-order valence-corrected chi connectivity index (χ2v) is 8.89. The Bertz CT molecular complexity index is 1570. The van der Waals surface area contributed by atoms with Crippen LogP contribution in [0.5, 0.6) is 5.75 Å². The van der Waals surface area contributed by atoms with Crippen molar-refractivity contribution in [2.45, 2.75) is 4.90 Å². The summed E-state index contributed by atoms with van der Waals surface area (Å²) in [4.78, 5) is 22.0. The van der Waals surface area contributed by atoms with Crippen molar-refractivity contribution in [1.29, 1.82) is 0 Å². The Balaban J connectivity index is 1.59. The predicted molar refractivity (Wildman–Crippen MR) is 138 cm³/mol. The number of halogens is 2. The molecular formula is C26H18ClFN4O2S. The molecule has 0 saturated heterocycles. The van der Waals surface area contributed by atoms with E-state index in [4.69, 9.17) is 16.3 Å². The number of rotatable bonds is 6. The van der Waals surface area contributed by atoms with Crippen LogP contribution in [0.2, 0.25) is 5.02 Å². The molecule has 0 amide bonds. The largest absolute Gasteiger partial charge is 0.495 e. The Hall–Kier alpha value is -3.88. The molecule has 174 valence electrons. The molecule has 2 aromatic heterocycles. The molecule has 0 radical (unpaired) electrons. The van der Waals surface area contributed by atoms with E-state index in [1.807, 2.05) is 18.2 Å². The number of nitrogens with zero attached hydrogens (tertiary/aromatic N) is 3. The van der Waals surface area contributed by atoms with Crippen molar-refractivity contribution in [2.24, 2.45) is 0 Å². The Labute approximate surface area is 209 Å². The number of anilines is 1. The summed E-state index contributed by atoms with van der Waals surface area (Å²) in [7, 11) is 1.54. The maximum Gasteiger partial charge on any atom is 0.255 e. The summed E-state index contributed by atoms with van der Waals surface area (Å²) in [6.07, 6.45) is 3.13. The minimum absolute atomic E-state index is 0.218. The molecule has 35 heavy (non-hydrogen) atoms. The van der Waals surface area contributed by atoms with Gasteiger partial charge in [0.2, 0.25) is 0 Å². The fraction of sp³-hybridized carbons (Fsp3) is 0.0385. The summed E-state index contributed by atoms with van der Waals surface area (Å²) in [5, 5.41) is 1.15. The van der Waals surface area contributed by atoms with Gasteiger partial charge >= 0.3 is 0 Å². The Morgan fingerprint density at radius 2 is 1.89 bits per heavy atom. The lowest BCUT2D eigenvalue weighted by atomic mass is 10.0. The smallest absolute Gasteiger partial charge is 0.255 e. The van der Waals surface area contributed by atoms with Crippen molar-refractivity contribution in [1.82, 2.24) is 14.5 Å². The van der Waals surface area contributed by atoms with Gasteiger partial charge in [0.1, 0.15) is 23.7 Å². The van der Waals surface area contributed by atoms with Crippen LogP contribution in [0.3, 0.4) is 0 Å². The van der Waals surface area contributed by atoms with Crippen molar-refractivity contribution in [3.63, 3.8) is 0 Å². The molecule has 0 aliphatic heterocycles. The third-order valence-electron chi connectivity index (χ3n) is 5.34. The predicted octanol–water partition coefficient (Wildman–Crippen LogP) is 6.37. The summed E-state index contributed by atoms with van der Waals surface area (Å²) in [6, 6.07) is 20.5. The second kappa shape index (κ2) is 9.77. The van der Waals surface area contributed by atoms with Crippen molar-refractivity contribution in [3.05, 3.63) is 107 Å². The van der Waals surface area contributed by atoms with Gasteiger partial charge in [-0.1, -0.05) is 17.7 Å². The first-order chi connectivity index (χ1) is 17.0. The maximum atomic E-state index is 14.0. The third kappa shape index (κ3) is 4.84. The van der Waals surface area contributed by atoms with Crippen molar-refractivity contribution in [2.75, 3.05) is 11.8 Å². The summed E-state index contributed by atoms with van der Waals surface area (Å²) in [5.41, 5.74) is 2.33. The number of pyridine rings is 1. The monoisotopic (exact) mass is 504 g/mol. The van der Waals surface area contributed by atoms with Crippen LogP contribution in [0.15, 0.2) is 95.0 Å².